The summed E-state index contributed by atoms with van der Waals surface area (Å²) in [5, 5.41) is 0. The molecule has 0 aromatic carbocycles. The second-order valence-electron chi connectivity index (χ2n) is 12.7. The van der Waals surface area contributed by atoms with Crippen molar-refractivity contribution in [2.24, 2.45) is 47.3 Å². The van der Waals surface area contributed by atoms with Crippen molar-refractivity contribution < 1.29 is 0 Å². The predicted octanol–water partition coefficient (Wildman–Crippen LogP) is 10.1. The highest BCUT2D eigenvalue weighted by Gasteiger charge is 2.30. The quantitative estimate of drug-likeness (QED) is 0.347. The minimum Gasteiger partial charge on any atom is -0.0851 e. The normalized spacial score (nSPS) is 41.9. The second kappa shape index (κ2) is 12.8. The van der Waals surface area contributed by atoms with E-state index >= 15 is 0 Å². The zero-order chi connectivity index (χ0) is 22.2. The van der Waals surface area contributed by atoms with Gasteiger partial charge in [-0.2, -0.15) is 0 Å². The van der Waals surface area contributed by atoms with Crippen LogP contribution in [0.4, 0.5) is 0 Å². The van der Waals surface area contributed by atoms with Gasteiger partial charge in [-0.3, -0.25) is 0 Å². The maximum absolute atomic E-state index is 2.67. The van der Waals surface area contributed by atoms with Gasteiger partial charge in [-0.15, -0.1) is 0 Å². The highest BCUT2D eigenvalue weighted by Crippen LogP contribution is 2.42. The van der Waals surface area contributed by atoms with Crippen LogP contribution in [0.5, 0.6) is 0 Å². The van der Waals surface area contributed by atoms with E-state index in [9.17, 15) is 0 Å². The topological polar surface area (TPSA) is 0 Å². The molecule has 0 aliphatic heterocycles. The van der Waals surface area contributed by atoms with Gasteiger partial charge in [-0.05, 0) is 124 Å². The highest BCUT2D eigenvalue weighted by atomic mass is 14.4. The summed E-state index contributed by atoms with van der Waals surface area (Å²) in [6.07, 6.45) is 37.1. The molecule has 0 unspecified atom stereocenters. The van der Waals surface area contributed by atoms with Gasteiger partial charge in [0.15, 0.2) is 0 Å². The van der Waals surface area contributed by atoms with E-state index in [1.54, 1.807) is 12.8 Å². The van der Waals surface area contributed by atoms with Crippen LogP contribution in [0.2, 0.25) is 0 Å². The third kappa shape index (κ3) is 7.50. The highest BCUT2D eigenvalue weighted by molar-refractivity contribution is 5.00. The van der Waals surface area contributed by atoms with Crippen LogP contribution in [0.3, 0.4) is 0 Å². The molecule has 4 aliphatic rings. The Labute approximate surface area is 201 Å². The van der Waals surface area contributed by atoms with Crippen molar-refractivity contribution in [3.05, 3.63) is 24.3 Å². The average Bonchev–Trinajstić information content (AvgIpc) is 2.84. The van der Waals surface area contributed by atoms with Gasteiger partial charge < -0.3 is 0 Å². The van der Waals surface area contributed by atoms with Crippen LogP contribution in [0.25, 0.3) is 0 Å². The van der Waals surface area contributed by atoms with Gasteiger partial charge in [0.2, 0.25) is 0 Å². The summed E-state index contributed by atoms with van der Waals surface area (Å²) in [6.45, 7) is 4.79. The molecule has 4 fully saturated rings. The molecule has 0 amide bonds. The first kappa shape index (κ1) is 24.6. The van der Waals surface area contributed by atoms with Crippen LogP contribution in [0.15, 0.2) is 24.3 Å². The van der Waals surface area contributed by atoms with Crippen LogP contribution in [0.1, 0.15) is 129 Å². The summed E-state index contributed by atoms with van der Waals surface area (Å²) in [4.78, 5) is 0. The Morgan fingerprint density at radius 3 is 1.22 bits per heavy atom. The Morgan fingerprint density at radius 1 is 0.469 bits per heavy atom. The third-order valence-corrected chi connectivity index (χ3v) is 10.3. The number of allylic oxidation sites excluding steroid dienone is 4. The summed E-state index contributed by atoms with van der Waals surface area (Å²) in [7, 11) is 0. The van der Waals surface area contributed by atoms with Crippen molar-refractivity contribution in [1.29, 1.82) is 0 Å². The lowest BCUT2D eigenvalue weighted by atomic mass is 9.68. The van der Waals surface area contributed by atoms with Crippen molar-refractivity contribution in [2.45, 2.75) is 129 Å². The van der Waals surface area contributed by atoms with Gasteiger partial charge in [-0.25, -0.2) is 0 Å². The van der Waals surface area contributed by atoms with Crippen molar-refractivity contribution >= 4 is 0 Å². The summed E-state index contributed by atoms with van der Waals surface area (Å²) >= 11 is 0. The maximum atomic E-state index is 2.67. The van der Waals surface area contributed by atoms with Crippen LogP contribution in [0, 0.1) is 47.3 Å². The van der Waals surface area contributed by atoms with E-state index in [1.807, 2.05) is 0 Å². The molecule has 32 heavy (non-hydrogen) atoms. The van der Waals surface area contributed by atoms with E-state index in [2.05, 4.69) is 38.2 Å². The van der Waals surface area contributed by atoms with Gasteiger partial charge in [0.05, 0.1) is 0 Å². The van der Waals surface area contributed by atoms with Crippen molar-refractivity contribution in [2.75, 3.05) is 0 Å². The SMILES string of the molecule is CCCC1CCC(C2CCC(/C=C/C3CCC(/C=C/C4CCC(C)CC4)CC3)CC2)CC1. The monoisotopic (exact) mass is 438 g/mol. The van der Waals surface area contributed by atoms with E-state index in [-0.39, 0.29) is 0 Å². The molecule has 0 radical (unpaired) electrons. The molecule has 0 N–H and O–H groups in total. The smallest absolute Gasteiger partial charge is 0.0233 e. The summed E-state index contributed by atoms with van der Waals surface area (Å²) < 4.78 is 0. The first-order valence-corrected chi connectivity index (χ1v) is 15.1. The van der Waals surface area contributed by atoms with Gasteiger partial charge in [0.1, 0.15) is 0 Å². The standard InChI is InChI=1S/C32H54/c1-3-4-26-17-21-31(22-18-26)32-23-19-30(20-24-32)16-15-29-13-11-28(12-14-29)10-9-27-7-5-25(2)6-8-27/h9-10,15-16,25-32H,3-8,11-14,17-24H2,1-2H3/b10-9+,16-15+. The van der Waals surface area contributed by atoms with E-state index < -0.39 is 0 Å². The molecule has 0 bridgehead atoms. The molecule has 0 aromatic heterocycles. The van der Waals surface area contributed by atoms with Gasteiger partial charge in [0.25, 0.3) is 0 Å². The summed E-state index contributed by atoms with van der Waals surface area (Å²) in [5.41, 5.74) is 0. The molecule has 0 atom stereocenters. The fourth-order valence-electron chi connectivity index (χ4n) is 7.80. The molecule has 4 rings (SSSR count). The lowest BCUT2D eigenvalue weighted by Crippen LogP contribution is -2.25. The number of hydrogen-bond donors (Lipinski definition) is 0. The largest absolute Gasteiger partial charge is 0.0851 e. The van der Waals surface area contributed by atoms with Crippen molar-refractivity contribution in [1.82, 2.24) is 0 Å². The Morgan fingerprint density at radius 2 is 0.812 bits per heavy atom. The fraction of sp³-hybridized carbons (Fsp3) is 0.875. The van der Waals surface area contributed by atoms with E-state index in [1.165, 1.54) is 103 Å². The number of hydrogen-bond acceptors (Lipinski definition) is 0. The molecule has 182 valence electrons. The summed E-state index contributed by atoms with van der Waals surface area (Å²) in [5.74, 6) is 7.73. The van der Waals surface area contributed by atoms with E-state index in [0.29, 0.717) is 0 Å². The molecule has 0 nitrogen and oxygen atoms in total. The van der Waals surface area contributed by atoms with Crippen LogP contribution >= 0.6 is 0 Å². The van der Waals surface area contributed by atoms with Gasteiger partial charge >= 0.3 is 0 Å². The van der Waals surface area contributed by atoms with E-state index in [0.717, 1.165) is 47.3 Å². The maximum Gasteiger partial charge on any atom is -0.0233 e. The molecular formula is C32H54. The minimum absolute atomic E-state index is 0.877. The van der Waals surface area contributed by atoms with Crippen LogP contribution < -0.4 is 0 Å². The molecule has 4 aliphatic carbocycles. The molecule has 0 heterocycles. The Kier molecular flexibility index (Phi) is 9.84. The van der Waals surface area contributed by atoms with Gasteiger partial charge in [-0.1, -0.05) is 76.7 Å². The van der Waals surface area contributed by atoms with E-state index in [4.69, 9.17) is 0 Å². The lowest BCUT2D eigenvalue weighted by Gasteiger charge is -2.37. The van der Waals surface area contributed by atoms with Crippen LogP contribution in [-0.4, -0.2) is 0 Å². The second-order valence-corrected chi connectivity index (χ2v) is 12.7. The first-order valence-electron chi connectivity index (χ1n) is 15.1. The lowest BCUT2D eigenvalue weighted by molar-refractivity contribution is 0.152. The minimum atomic E-state index is 0.877. The first-order chi connectivity index (χ1) is 15.7. The average molecular weight is 439 g/mol. The summed E-state index contributed by atoms with van der Waals surface area (Å²) in [6, 6.07) is 0. The Bertz CT molecular complexity index is 553. The molecule has 0 aromatic rings. The molecule has 0 spiro atoms. The third-order valence-electron chi connectivity index (χ3n) is 10.3. The predicted molar refractivity (Wildman–Crippen MR) is 141 cm³/mol. The zero-order valence-electron chi connectivity index (χ0n) is 21.7. The van der Waals surface area contributed by atoms with Gasteiger partial charge in [0, 0.05) is 0 Å². The molecule has 4 saturated carbocycles. The fourth-order valence-corrected chi connectivity index (χ4v) is 7.80. The number of rotatable bonds is 7. The Balaban J connectivity index is 1.10. The molecule has 0 saturated heterocycles. The van der Waals surface area contributed by atoms with Crippen molar-refractivity contribution in [3.63, 3.8) is 0 Å². The van der Waals surface area contributed by atoms with Crippen molar-refractivity contribution in [3.8, 4) is 0 Å². The Hall–Kier alpha value is -0.520. The zero-order valence-corrected chi connectivity index (χ0v) is 21.7. The molecule has 0 heteroatoms. The van der Waals surface area contributed by atoms with Crippen LogP contribution in [-0.2, 0) is 0 Å². The molecular weight excluding hydrogens is 384 g/mol.